The van der Waals surface area contributed by atoms with Gasteiger partial charge in [0.15, 0.2) is 0 Å². The molecule has 1 aromatic heterocycles. The van der Waals surface area contributed by atoms with Crippen LogP contribution < -0.4 is 10.6 Å². The number of hydrogen-bond donors (Lipinski definition) is 3. The minimum atomic E-state index is -1.37. The van der Waals surface area contributed by atoms with E-state index in [1.807, 2.05) is 91.7 Å². The monoisotopic (exact) mass is 628 g/mol. The summed E-state index contributed by atoms with van der Waals surface area (Å²) in [6.45, 7) is 4.08. The number of pyridine rings is 1. The van der Waals surface area contributed by atoms with Crippen molar-refractivity contribution in [2.75, 3.05) is 33.8 Å². The summed E-state index contributed by atoms with van der Waals surface area (Å²) in [5.41, 5.74) is 4.31. The number of ether oxygens (including phenoxy) is 1. The number of aliphatic hydroxyl groups is 1. The molecule has 0 bridgehead atoms. The fourth-order valence-electron chi connectivity index (χ4n) is 6.46. The Labute approximate surface area is 269 Å². The van der Waals surface area contributed by atoms with Gasteiger partial charge in [-0.1, -0.05) is 60.1 Å². The molecule has 0 radical (unpaired) electrons. The minimum absolute atomic E-state index is 0.0524. The Morgan fingerprint density at radius 2 is 1.87 bits per heavy atom. The molecule has 8 nitrogen and oxygen atoms in total. The number of amides is 2. The van der Waals surface area contributed by atoms with E-state index < -0.39 is 11.7 Å². The molecule has 1 unspecified atom stereocenters. The van der Waals surface area contributed by atoms with Crippen LogP contribution in [-0.2, 0) is 16.9 Å². The van der Waals surface area contributed by atoms with Crippen LogP contribution in [0.5, 0.6) is 0 Å². The third kappa shape index (κ3) is 7.14. The molecule has 1 saturated heterocycles. The van der Waals surface area contributed by atoms with Gasteiger partial charge in [-0.15, -0.1) is 0 Å². The van der Waals surface area contributed by atoms with Crippen LogP contribution in [0.1, 0.15) is 52.7 Å². The van der Waals surface area contributed by atoms with E-state index in [-0.39, 0.29) is 11.8 Å². The second-order valence-electron chi connectivity index (χ2n) is 11.8. The second-order valence-corrected chi connectivity index (χ2v) is 12.2. The lowest BCUT2D eigenvalue weighted by Crippen LogP contribution is -2.48. The van der Waals surface area contributed by atoms with Crippen LogP contribution in [-0.4, -0.2) is 60.8 Å². The molecule has 9 heteroatoms. The number of aromatic nitrogens is 1. The number of nitrogens with zero attached hydrogens (tertiary/aromatic N) is 2. The Bertz CT molecular complexity index is 1660. The highest BCUT2D eigenvalue weighted by molar-refractivity contribution is 6.33. The van der Waals surface area contributed by atoms with Gasteiger partial charge in [-0.25, -0.2) is 9.78 Å². The van der Waals surface area contributed by atoms with Gasteiger partial charge in [0.1, 0.15) is 0 Å². The summed E-state index contributed by atoms with van der Waals surface area (Å²) in [7, 11) is 3.21. The van der Waals surface area contributed by atoms with Gasteiger partial charge in [-0.05, 0) is 80.6 Å². The first-order chi connectivity index (χ1) is 21.7. The van der Waals surface area contributed by atoms with Crippen molar-refractivity contribution in [2.24, 2.45) is 5.92 Å². The maximum absolute atomic E-state index is 13.7. The summed E-state index contributed by atoms with van der Waals surface area (Å²) in [6, 6.07) is 23.3. The van der Waals surface area contributed by atoms with E-state index in [0.717, 1.165) is 41.4 Å². The number of piperidine rings is 1. The van der Waals surface area contributed by atoms with Gasteiger partial charge in [0, 0.05) is 48.6 Å². The average Bonchev–Trinajstić information content (AvgIpc) is 3.06. The molecule has 45 heavy (non-hydrogen) atoms. The molecule has 3 N–H and O–H groups in total. The molecule has 0 aliphatic carbocycles. The summed E-state index contributed by atoms with van der Waals surface area (Å²) >= 11 is 6.92. The van der Waals surface area contributed by atoms with Gasteiger partial charge in [-0.3, -0.25) is 4.79 Å². The van der Waals surface area contributed by atoms with Crippen LogP contribution in [0.4, 0.5) is 4.79 Å². The van der Waals surface area contributed by atoms with E-state index in [2.05, 4.69) is 10.6 Å². The zero-order valence-electron chi connectivity index (χ0n) is 26.1. The number of rotatable bonds is 10. The van der Waals surface area contributed by atoms with E-state index in [4.69, 9.17) is 21.3 Å². The Morgan fingerprint density at radius 3 is 2.62 bits per heavy atom. The Hall–Kier alpha value is -3.98. The SMILES string of the molecule is CNCc1ccc(C(=O)N2CCCC([C@@](O)(CCCNC(=O)OC)c3cccc(Cl)c3-c3ccc4cccc(C)c4n3)C2)cc1. The summed E-state index contributed by atoms with van der Waals surface area (Å²) < 4.78 is 4.74. The van der Waals surface area contributed by atoms with Gasteiger partial charge in [0.05, 0.1) is 28.9 Å². The van der Waals surface area contributed by atoms with Gasteiger partial charge >= 0.3 is 6.09 Å². The Morgan fingerprint density at radius 1 is 1.09 bits per heavy atom. The highest BCUT2D eigenvalue weighted by atomic mass is 35.5. The Kier molecular flexibility index (Phi) is 10.4. The maximum atomic E-state index is 13.7. The normalized spacial score (nSPS) is 16.3. The highest BCUT2D eigenvalue weighted by Crippen LogP contribution is 2.45. The minimum Gasteiger partial charge on any atom is -0.453 e. The molecule has 1 aliphatic rings. The number of aryl methyl sites for hydroxylation is 1. The number of halogens is 1. The van der Waals surface area contributed by atoms with Crippen molar-refractivity contribution >= 4 is 34.5 Å². The Balaban J connectivity index is 1.52. The molecule has 3 aromatic carbocycles. The van der Waals surface area contributed by atoms with Gasteiger partial charge in [0.2, 0.25) is 0 Å². The number of benzene rings is 3. The van der Waals surface area contributed by atoms with Crippen LogP contribution in [0.3, 0.4) is 0 Å². The number of alkyl carbamates (subject to hydrolysis) is 1. The molecule has 2 amide bonds. The zero-order valence-corrected chi connectivity index (χ0v) is 26.9. The molecule has 2 heterocycles. The largest absolute Gasteiger partial charge is 0.453 e. The lowest BCUT2D eigenvalue weighted by atomic mass is 9.72. The first-order valence-corrected chi connectivity index (χ1v) is 15.9. The van der Waals surface area contributed by atoms with Gasteiger partial charge < -0.3 is 25.4 Å². The van der Waals surface area contributed by atoms with Crippen LogP contribution in [0.15, 0.2) is 72.8 Å². The highest BCUT2D eigenvalue weighted by Gasteiger charge is 2.43. The van der Waals surface area contributed by atoms with Crippen LogP contribution >= 0.6 is 11.6 Å². The van der Waals surface area contributed by atoms with E-state index in [9.17, 15) is 14.7 Å². The van der Waals surface area contributed by atoms with E-state index in [1.54, 1.807) is 0 Å². The smallest absolute Gasteiger partial charge is 0.406 e. The molecule has 4 aromatic rings. The van der Waals surface area contributed by atoms with Crippen LogP contribution in [0.25, 0.3) is 22.2 Å². The molecule has 236 valence electrons. The molecular weight excluding hydrogens is 588 g/mol. The van der Waals surface area contributed by atoms with Crippen molar-refractivity contribution < 1.29 is 19.4 Å². The van der Waals surface area contributed by atoms with E-state index in [1.165, 1.54) is 7.11 Å². The molecule has 0 spiro atoms. The van der Waals surface area contributed by atoms with Crippen molar-refractivity contribution in [3.8, 4) is 11.3 Å². The molecule has 2 atom stereocenters. The average molecular weight is 629 g/mol. The number of fused-ring (bicyclic) bond motifs is 1. The fourth-order valence-corrected chi connectivity index (χ4v) is 6.73. The molecule has 0 saturated carbocycles. The van der Waals surface area contributed by atoms with E-state index >= 15 is 0 Å². The lowest BCUT2D eigenvalue weighted by Gasteiger charge is -2.43. The predicted molar refractivity (Wildman–Crippen MR) is 178 cm³/mol. The quantitative estimate of drug-likeness (QED) is 0.174. The molecule has 1 aliphatic heterocycles. The number of carbonyl (C=O) groups is 2. The van der Waals surface area contributed by atoms with Crippen LogP contribution in [0.2, 0.25) is 5.02 Å². The molecule has 5 rings (SSSR count). The first kappa shape index (κ1) is 32.4. The van der Waals surface area contributed by atoms with E-state index in [0.29, 0.717) is 59.9 Å². The number of hydrogen-bond acceptors (Lipinski definition) is 6. The van der Waals surface area contributed by atoms with Gasteiger partial charge in [-0.2, -0.15) is 0 Å². The number of nitrogens with one attached hydrogen (secondary N) is 2. The summed E-state index contributed by atoms with van der Waals surface area (Å²) in [4.78, 5) is 32.3. The summed E-state index contributed by atoms with van der Waals surface area (Å²) in [5.74, 6) is -0.334. The molecular formula is C36H41ClN4O4. The van der Waals surface area contributed by atoms with Crippen molar-refractivity contribution in [1.82, 2.24) is 20.5 Å². The number of para-hydroxylation sites is 1. The zero-order chi connectivity index (χ0) is 32.0. The number of methoxy groups -OCH3 is 1. The summed E-state index contributed by atoms with van der Waals surface area (Å²) in [6.07, 6.45) is 1.78. The molecule has 1 fully saturated rings. The van der Waals surface area contributed by atoms with Crippen molar-refractivity contribution in [1.29, 1.82) is 0 Å². The maximum Gasteiger partial charge on any atom is 0.406 e. The predicted octanol–water partition coefficient (Wildman–Crippen LogP) is 6.46. The number of likely N-dealkylation sites (tertiary alicyclic amines) is 1. The second kappa shape index (κ2) is 14.4. The van der Waals surface area contributed by atoms with Crippen LogP contribution in [0, 0.1) is 12.8 Å². The van der Waals surface area contributed by atoms with Crippen molar-refractivity contribution in [2.45, 2.75) is 44.8 Å². The number of carbonyl (C=O) groups excluding carboxylic acids is 2. The third-order valence-electron chi connectivity index (χ3n) is 8.81. The third-order valence-corrected chi connectivity index (χ3v) is 9.13. The summed E-state index contributed by atoms with van der Waals surface area (Å²) in [5, 5.41) is 20.2. The standard InChI is InChI=1S/C36H41ClN4O4/c1-24-8-4-9-26-17-18-31(40-33(24)26)32-29(11-5-12-30(32)37)36(44,19-7-20-39-35(43)45-3)28-10-6-21-41(23-28)34(42)27-15-13-25(14-16-27)22-38-2/h4-5,8-9,11-18,28,38,44H,6-7,10,19-23H2,1-3H3,(H,39,43)/t28?,36-/m0/s1. The van der Waals surface area contributed by atoms with Crippen molar-refractivity contribution in [3.05, 3.63) is 100 Å². The fraction of sp³-hybridized carbons (Fsp3) is 0.361. The lowest BCUT2D eigenvalue weighted by molar-refractivity contribution is -0.0563. The van der Waals surface area contributed by atoms with Crippen molar-refractivity contribution in [3.63, 3.8) is 0 Å². The topological polar surface area (TPSA) is 104 Å². The van der Waals surface area contributed by atoms with Gasteiger partial charge in [0.25, 0.3) is 5.91 Å². The first-order valence-electron chi connectivity index (χ1n) is 15.5.